The van der Waals surface area contributed by atoms with Gasteiger partial charge in [0, 0.05) is 5.70 Å². The number of para-hydroxylation sites is 2. The van der Waals surface area contributed by atoms with Gasteiger partial charge in [-0.1, -0.05) is 67.2 Å². The number of thioether (sulfide) groups is 1. The summed E-state index contributed by atoms with van der Waals surface area (Å²) in [7, 11) is 0. The number of aryl methyl sites for hydroxylation is 1. The number of nitrogens with zero attached hydrogens (tertiary/aromatic N) is 3. The Hall–Kier alpha value is -4.24. The molecule has 8 nitrogen and oxygen atoms in total. The Labute approximate surface area is 238 Å². The summed E-state index contributed by atoms with van der Waals surface area (Å²) in [4.78, 5) is 18.6. The molecule has 0 saturated heterocycles. The molecule has 1 unspecified atom stereocenters. The molecule has 9 heteroatoms. The molecule has 2 N–H and O–H groups in total. The lowest BCUT2D eigenvalue weighted by molar-refractivity contribution is -0.113. The van der Waals surface area contributed by atoms with Crippen LogP contribution in [0.4, 0.5) is 11.6 Å². The topological polar surface area (TPSA) is 90.3 Å². The Morgan fingerprint density at radius 1 is 1.02 bits per heavy atom. The van der Waals surface area contributed by atoms with Gasteiger partial charge in [0.1, 0.15) is 24.1 Å². The number of nitrogens with one attached hydrogen (secondary N) is 2. The van der Waals surface area contributed by atoms with Crippen molar-refractivity contribution in [1.29, 1.82) is 0 Å². The Morgan fingerprint density at radius 3 is 2.62 bits per heavy atom. The molecule has 5 rings (SSSR count). The van der Waals surface area contributed by atoms with E-state index in [2.05, 4.69) is 41.6 Å². The molecule has 0 saturated carbocycles. The number of allylic oxidation sites excluding steroid dienone is 1. The Bertz CT molecular complexity index is 1550. The summed E-state index contributed by atoms with van der Waals surface area (Å²) in [5, 5.41) is 11.8. The molecule has 2 heterocycles. The van der Waals surface area contributed by atoms with Crippen molar-refractivity contribution in [2.45, 2.75) is 45.5 Å². The summed E-state index contributed by atoms with van der Waals surface area (Å²) in [5.74, 6) is 2.51. The van der Waals surface area contributed by atoms with Gasteiger partial charge in [-0.05, 0) is 67.5 Å². The predicted octanol–water partition coefficient (Wildman–Crippen LogP) is 6.60. The van der Waals surface area contributed by atoms with Crippen molar-refractivity contribution in [1.82, 2.24) is 14.8 Å². The van der Waals surface area contributed by atoms with Gasteiger partial charge in [0.2, 0.25) is 11.1 Å². The second-order valence-corrected chi connectivity index (χ2v) is 10.6. The first kappa shape index (κ1) is 27.3. The van der Waals surface area contributed by atoms with E-state index in [0.717, 1.165) is 16.9 Å². The van der Waals surface area contributed by atoms with Crippen molar-refractivity contribution < 1.29 is 14.3 Å². The summed E-state index contributed by atoms with van der Waals surface area (Å²) in [6.45, 7) is 8.88. The molecule has 1 atom stereocenters. The number of fused-ring (bicyclic) bond motifs is 1. The molecular formula is C31H33N5O3S. The van der Waals surface area contributed by atoms with Gasteiger partial charge in [-0.25, -0.2) is 4.68 Å². The SMILES string of the molecule is CCOc1ccccc1NC(=O)C1=C(C)Nc2nc(SCC)nn2C1c1cccc(OCc2ccccc2C)c1. The van der Waals surface area contributed by atoms with E-state index in [0.29, 0.717) is 52.8 Å². The van der Waals surface area contributed by atoms with E-state index in [9.17, 15) is 4.79 Å². The number of ether oxygens (including phenoxy) is 2. The largest absolute Gasteiger partial charge is 0.492 e. The molecule has 0 spiro atoms. The lowest BCUT2D eigenvalue weighted by Gasteiger charge is -2.29. The van der Waals surface area contributed by atoms with Crippen molar-refractivity contribution >= 4 is 29.3 Å². The van der Waals surface area contributed by atoms with E-state index in [4.69, 9.17) is 14.6 Å². The molecule has 4 aromatic rings. The van der Waals surface area contributed by atoms with Gasteiger partial charge in [-0.3, -0.25) is 4.79 Å². The summed E-state index contributed by atoms with van der Waals surface area (Å²) < 4.78 is 13.7. The highest BCUT2D eigenvalue weighted by atomic mass is 32.2. The van der Waals surface area contributed by atoms with Gasteiger partial charge in [0.15, 0.2) is 0 Å². The molecule has 0 bridgehead atoms. The molecule has 40 heavy (non-hydrogen) atoms. The third kappa shape index (κ3) is 5.84. The number of hydrogen-bond donors (Lipinski definition) is 2. The Balaban J connectivity index is 1.51. The van der Waals surface area contributed by atoms with Crippen LogP contribution in [0.3, 0.4) is 0 Å². The fourth-order valence-electron chi connectivity index (χ4n) is 4.67. The van der Waals surface area contributed by atoms with Crippen molar-refractivity contribution in [2.24, 2.45) is 0 Å². The molecule has 1 amide bonds. The van der Waals surface area contributed by atoms with Crippen LogP contribution in [0.2, 0.25) is 0 Å². The molecule has 0 aliphatic carbocycles. The van der Waals surface area contributed by atoms with E-state index in [1.54, 1.807) is 16.4 Å². The lowest BCUT2D eigenvalue weighted by Crippen LogP contribution is -2.31. The third-order valence-electron chi connectivity index (χ3n) is 6.62. The quantitative estimate of drug-likeness (QED) is 0.213. The molecule has 0 radical (unpaired) electrons. The molecule has 0 fully saturated rings. The lowest BCUT2D eigenvalue weighted by atomic mass is 9.94. The summed E-state index contributed by atoms with van der Waals surface area (Å²) in [6, 6.07) is 22.9. The van der Waals surface area contributed by atoms with Crippen molar-refractivity contribution in [3.63, 3.8) is 0 Å². The van der Waals surface area contributed by atoms with Crippen LogP contribution in [0.5, 0.6) is 11.5 Å². The Kier molecular flexibility index (Phi) is 8.40. The minimum absolute atomic E-state index is 0.251. The van der Waals surface area contributed by atoms with Gasteiger partial charge < -0.3 is 20.1 Å². The highest BCUT2D eigenvalue weighted by Crippen LogP contribution is 2.38. The summed E-state index contributed by atoms with van der Waals surface area (Å²) in [5.41, 5.74) is 5.01. The first-order valence-corrected chi connectivity index (χ1v) is 14.3. The van der Waals surface area contributed by atoms with E-state index < -0.39 is 6.04 Å². The molecule has 1 aromatic heterocycles. The van der Waals surface area contributed by atoms with Crippen molar-refractivity contribution in [3.05, 3.63) is 101 Å². The number of amides is 1. The maximum absolute atomic E-state index is 13.9. The maximum atomic E-state index is 13.9. The van der Waals surface area contributed by atoms with E-state index in [1.807, 2.05) is 74.5 Å². The predicted molar refractivity (Wildman–Crippen MR) is 159 cm³/mol. The number of rotatable bonds is 10. The van der Waals surface area contributed by atoms with E-state index in [-0.39, 0.29) is 5.91 Å². The third-order valence-corrected chi connectivity index (χ3v) is 7.34. The van der Waals surface area contributed by atoms with E-state index in [1.165, 1.54) is 5.56 Å². The van der Waals surface area contributed by atoms with Gasteiger partial charge in [-0.15, -0.1) is 5.10 Å². The number of anilines is 2. The number of benzene rings is 3. The number of hydrogen-bond acceptors (Lipinski definition) is 7. The van der Waals surface area contributed by atoms with E-state index >= 15 is 0 Å². The zero-order valence-electron chi connectivity index (χ0n) is 23.1. The van der Waals surface area contributed by atoms with Gasteiger partial charge in [0.25, 0.3) is 5.91 Å². The van der Waals surface area contributed by atoms with Crippen molar-refractivity contribution in [3.8, 4) is 11.5 Å². The summed E-state index contributed by atoms with van der Waals surface area (Å²) >= 11 is 1.55. The first-order chi connectivity index (χ1) is 19.5. The fourth-order valence-corrected chi connectivity index (χ4v) is 5.23. The fraction of sp³-hybridized carbons (Fsp3) is 0.258. The molecule has 3 aromatic carbocycles. The monoisotopic (exact) mass is 555 g/mol. The smallest absolute Gasteiger partial charge is 0.255 e. The van der Waals surface area contributed by atoms with Gasteiger partial charge in [0.05, 0.1) is 17.9 Å². The van der Waals surface area contributed by atoms with Crippen LogP contribution in [-0.2, 0) is 11.4 Å². The second kappa shape index (κ2) is 12.3. The van der Waals surface area contributed by atoms with Crippen LogP contribution < -0.4 is 20.1 Å². The second-order valence-electron chi connectivity index (χ2n) is 9.33. The average molecular weight is 556 g/mol. The zero-order valence-corrected chi connectivity index (χ0v) is 23.9. The molecule has 1 aliphatic heterocycles. The molecule has 206 valence electrons. The zero-order chi connectivity index (χ0) is 28.1. The van der Waals surface area contributed by atoms with Crippen molar-refractivity contribution in [2.75, 3.05) is 23.0 Å². The van der Waals surface area contributed by atoms with Gasteiger partial charge in [-0.2, -0.15) is 4.98 Å². The van der Waals surface area contributed by atoms with Crippen LogP contribution >= 0.6 is 11.8 Å². The molecular weight excluding hydrogens is 522 g/mol. The molecule has 1 aliphatic rings. The van der Waals surface area contributed by atoms with Crippen LogP contribution in [0.1, 0.15) is 43.5 Å². The average Bonchev–Trinajstić information content (AvgIpc) is 3.35. The standard InChI is InChI=1S/C31H33N5O3S/c1-5-38-26-17-10-9-16-25(26)33-29(37)27-21(4)32-30-34-31(40-6-2)35-36(30)28(27)22-14-11-15-24(18-22)39-19-23-13-8-7-12-20(23)3/h7-18,28H,5-6,19H2,1-4H3,(H,33,37)(H,32,34,35). The van der Waals surface area contributed by atoms with Crippen LogP contribution in [-0.4, -0.2) is 33.0 Å². The summed E-state index contributed by atoms with van der Waals surface area (Å²) in [6.07, 6.45) is 0. The minimum atomic E-state index is -0.517. The minimum Gasteiger partial charge on any atom is -0.492 e. The van der Waals surface area contributed by atoms with Crippen LogP contribution in [0.25, 0.3) is 0 Å². The Morgan fingerprint density at radius 2 is 1.82 bits per heavy atom. The highest BCUT2D eigenvalue weighted by Gasteiger charge is 2.35. The maximum Gasteiger partial charge on any atom is 0.255 e. The number of aromatic nitrogens is 3. The van der Waals surface area contributed by atoms with Crippen LogP contribution in [0, 0.1) is 6.92 Å². The van der Waals surface area contributed by atoms with Crippen LogP contribution in [0.15, 0.2) is 89.2 Å². The normalized spacial score (nSPS) is 14.3. The first-order valence-electron chi connectivity index (χ1n) is 13.4. The number of carbonyl (C=O) groups is 1. The number of carbonyl (C=O) groups excluding carboxylic acids is 1. The highest BCUT2D eigenvalue weighted by molar-refractivity contribution is 7.99. The van der Waals surface area contributed by atoms with Gasteiger partial charge >= 0.3 is 0 Å².